The maximum atomic E-state index is 9.36. The van der Waals surface area contributed by atoms with Crippen molar-refractivity contribution in [3.63, 3.8) is 0 Å². The Morgan fingerprint density at radius 2 is 1.93 bits per heavy atom. The van der Waals surface area contributed by atoms with E-state index in [1.165, 1.54) is 6.20 Å². The highest BCUT2D eigenvalue weighted by Crippen LogP contribution is 2.28. The van der Waals surface area contributed by atoms with Crippen molar-refractivity contribution in [2.45, 2.75) is 0 Å². The molecule has 0 aliphatic carbocycles. The number of pyridine rings is 2. The van der Waals surface area contributed by atoms with Crippen molar-refractivity contribution in [3.8, 4) is 17.2 Å². The van der Waals surface area contributed by atoms with E-state index in [-0.39, 0.29) is 5.75 Å². The number of aromatic hydroxyl groups is 1. The van der Waals surface area contributed by atoms with Crippen molar-refractivity contribution in [2.24, 2.45) is 0 Å². The Morgan fingerprint density at radius 1 is 1.07 bits per heavy atom. The third-order valence-electron chi connectivity index (χ3n) is 1.62. The molecule has 0 aliphatic rings. The van der Waals surface area contributed by atoms with Gasteiger partial charge in [0.1, 0.15) is 5.75 Å². The summed E-state index contributed by atoms with van der Waals surface area (Å²) in [5.41, 5.74) is 0. The van der Waals surface area contributed by atoms with Gasteiger partial charge in [-0.1, -0.05) is 0 Å². The average molecular weight is 188 g/mol. The third kappa shape index (κ3) is 1.80. The highest BCUT2D eigenvalue weighted by Gasteiger charge is 2.01. The number of aromatic nitrogens is 2. The molecule has 1 N–H and O–H groups in total. The largest absolute Gasteiger partial charge is 0.503 e. The Labute approximate surface area is 80.8 Å². The molecule has 0 aromatic carbocycles. The molecule has 70 valence electrons. The van der Waals surface area contributed by atoms with Crippen molar-refractivity contribution in [3.05, 3.63) is 43.0 Å². The minimum atomic E-state index is 0.0105. The zero-order chi connectivity index (χ0) is 9.80. The van der Waals surface area contributed by atoms with Gasteiger partial charge in [0.15, 0.2) is 11.5 Å². The van der Waals surface area contributed by atoms with Crippen LogP contribution in [0.4, 0.5) is 0 Å². The van der Waals surface area contributed by atoms with Gasteiger partial charge in [0.2, 0.25) is 0 Å². The molecule has 0 spiro atoms. The summed E-state index contributed by atoms with van der Waals surface area (Å²) in [5.74, 6) is 0.957. The molecular weight excluding hydrogens is 180 g/mol. The molecule has 0 amide bonds. The van der Waals surface area contributed by atoms with Gasteiger partial charge >= 0.3 is 0 Å². The fraction of sp³-hybridized carbons (Fsp3) is 0. The van der Waals surface area contributed by atoms with Gasteiger partial charge in [-0.25, -0.2) is 0 Å². The summed E-state index contributed by atoms with van der Waals surface area (Å²) in [5, 5.41) is 9.36. The summed E-state index contributed by atoms with van der Waals surface area (Å²) in [6.45, 7) is 0. The predicted octanol–water partition coefficient (Wildman–Crippen LogP) is 1.97. The highest BCUT2D eigenvalue weighted by molar-refractivity contribution is 5.38. The Morgan fingerprint density at radius 3 is 2.64 bits per heavy atom. The van der Waals surface area contributed by atoms with Crippen LogP contribution in [0.5, 0.6) is 17.2 Å². The molecule has 2 heterocycles. The zero-order valence-corrected chi connectivity index (χ0v) is 7.29. The van der Waals surface area contributed by atoms with Crippen molar-refractivity contribution in [1.29, 1.82) is 0 Å². The quantitative estimate of drug-likeness (QED) is 0.782. The maximum absolute atomic E-state index is 9.36. The number of rotatable bonds is 2. The zero-order valence-electron chi connectivity index (χ0n) is 7.29. The van der Waals surface area contributed by atoms with E-state index in [1.807, 2.05) is 0 Å². The lowest BCUT2D eigenvalue weighted by Crippen LogP contribution is -1.85. The van der Waals surface area contributed by atoms with E-state index in [2.05, 4.69) is 9.97 Å². The molecule has 0 fully saturated rings. The van der Waals surface area contributed by atoms with E-state index in [1.54, 1.807) is 36.8 Å². The van der Waals surface area contributed by atoms with Crippen LogP contribution in [0.1, 0.15) is 0 Å². The minimum Gasteiger partial charge on any atom is -0.503 e. The minimum absolute atomic E-state index is 0.0105. The van der Waals surface area contributed by atoms with Crippen LogP contribution < -0.4 is 4.74 Å². The standard InChI is InChI=1S/C10H8N2O2/c13-9-7-12-5-3-10(9)14-8-2-1-4-11-6-8/h1-7,13H. The molecule has 2 rings (SSSR count). The van der Waals surface area contributed by atoms with Crippen molar-refractivity contribution in [2.75, 3.05) is 0 Å². The lowest BCUT2D eigenvalue weighted by Gasteiger charge is -2.05. The molecule has 2 aromatic heterocycles. The lowest BCUT2D eigenvalue weighted by atomic mass is 10.4. The summed E-state index contributed by atoms with van der Waals surface area (Å²) < 4.78 is 5.36. The normalized spacial score (nSPS) is 9.71. The van der Waals surface area contributed by atoms with Gasteiger partial charge < -0.3 is 9.84 Å². The lowest BCUT2D eigenvalue weighted by molar-refractivity contribution is 0.408. The SMILES string of the molecule is Oc1cnccc1Oc1cccnc1. The van der Waals surface area contributed by atoms with Crippen LogP contribution in [0.25, 0.3) is 0 Å². The summed E-state index contributed by atoms with van der Waals surface area (Å²) >= 11 is 0. The van der Waals surface area contributed by atoms with E-state index in [4.69, 9.17) is 4.74 Å². The molecule has 0 atom stereocenters. The molecule has 0 aliphatic heterocycles. The second-order valence-electron chi connectivity index (χ2n) is 2.63. The molecule has 4 heteroatoms. The first-order valence-corrected chi connectivity index (χ1v) is 4.07. The van der Waals surface area contributed by atoms with E-state index in [0.29, 0.717) is 11.5 Å². The molecule has 0 saturated heterocycles. The predicted molar refractivity (Wildman–Crippen MR) is 50.2 cm³/mol. The Balaban J connectivity index is 2.24. The van der Waals surface area contributed by atoms with Crippen LogP contribution in [-0.4, -0.2) is 15.1 Å². The van der Waals surface area contributed by atoms with E-state index >= 15 is 0 Å². The first-order chi connectivity index (χ1) is 6.86. The summed E-state index contributed by atoms with van der Waals surface area (Å²) in [7, 11) is 0. The molecular formula is C10H8N2O2. The topological polar surface area (TPSA) is 55.2 Å². The number of hydrogen-bond donors (Lipinski definition) is 1. The summed E-state index contributed by atoms with van der Waals surface area (Å²) in [4.78, 5) is 7.63. The van der Waals surface area contributed by atoms with E-state index in [9.17, 15) is 5.11 Å². The monoisotopic (exact) mass is 188 g/mol. The van der Waals surface area contributed by atoms with E-state index < -0.39 is 0 Å². The van der Waals surface area contributed by atoms with Gasteiger partial charge in [0, 0.05) is 18.5 Å². The van der Waals surface area contributed by atoms with Crippen molar-refractivity contribution >= 4 is 0 Å². The van der Waals surface area contributed by atoms with E-state index in [0.717, 1.165) is 0 Å². The van der Waals surface area contributed by atoms with Gasteiger partial charge in [-0.2, -0.15) is 0 Å². The van der Waals surface area contributed by atoms with Crippen LogP contribution >= 0.6 is 0 Å². The Kier molecular flexibility index (Phi) is 2.27. The first kappa shape index (κ1) is 8.50. The third-order valence-corrected chi connectivity index (χ3v) is 1.62. The second-order valence-corrected chi connectivity index (χ2v) is 2.63. The van der Waals surface area contributed by atoms with Crippen molar-refractivity contribution < 1.29 is 9.84 Å². The summed E-state index contributed by atoms with van der Waals surface area (Å²) in [6, 6.07) is 5.10. The second kappa shape index (κ2) is 3.74. The highest BCUT2D eigenvalue weighted by atomic mass is 16.5. The average Bonchev–Trinajstić information content (AvgIpc) is 2.23. The molecule has 0 saturated carbocycles. The first-order valence-electron chi connectivity index (χ1n) is 4.07. The fourth-order valence-electron chi connectivity index (χ4n) is 0.994. The van der Waals surface area contributed by atoms with Gasteiger partial charge in [-0.05, 0) is 12.1 Å². The van der Waals surface area contributed by atoms with Crippen LogP contribution in [0.15, 0.2) is 43.0 Å². The number of ether oxygens (including phenoxy) is 1. The van der Waals surface area contributed by atoms with Gasteiger partial charge in [-0.3, -0.25) is 9.97 Å². The van der Waals surface area contributed by atoms with Crippen molar-refractivity contribution in [1.82, 2.24) is 9.97 Å². The van der Waals surface area contributed by atoms with Gasteiger partial charge in [0.05, 0.1) is 12.4 Å². The van der Waals surface area contributed by atoms with Crippen LogP contribution in [0, 0.1) is 0 Å². The summed E-state index contributed by atoms with van der Waals surface area (Å²) in [6.07, 6.45) is 6.09. The maximum Gasteiger partial charge on any atom is 0.177 e. The fourth-order valence-corrected chi connectivity index (χ4v) is 0.994. The molecule has 0 radical (unpaired) electrons. The number of hydrogen-bond acceptors (Lipinski definition) is 4. The Hall–Kier alpha value is -2.10. The molecule has 2 aromatic rings. The molecule has 0 unspecified atom stereocenters. The van der Waals surface area contributed by atoms with Crippen LogP contribution in [0.2, 0.25) is 0 Å². The molecule has 0 bridgehead atoms. The molecule has 14 heavy (non-hydrogen) atoms. The van der Waals surface area contributed by atoms with Gasteiger partial charge in [0.25, 0.3) is 0 Å². The van der Waals surface area contributed by atoms with Crippen LogP contribution in [-0.2, 0) is 0 Å². The smallest absolute Gasteiger partial charge is 0.177 e. The Bertz CT molecular complexity index is 417. The number of nitrogens with zero attached hydrogens (tertiary/aromatic N) is 2. The van der Waals surface area contributed by atoms with Crippen LogP contribution in [0.3, 0.4) is 0 Å². The van der Waals surface area contributed by atoms with Gasteiger partial charge in [-0.15, -0.1) is 0 Å². The molecule has 4 nitrogen and oxygen atoms in total.